The maximum absolute atomic E-state index is 13.5. The van der Waals surface area contributed by atoms with Gasteiger partial charge in [-0.3, -0.25) is 4.79 Å². The van der Waals surface area contributed by atoms with E-state index in [1.54, 1.807) is 17.0 Å². The molecule has 4 heteroatoms. The number of halogens is 2. The van der Waals surface area contributed by atoms with Gasteiger partial charge in [0.15, 0.2) is 0 Å². The van der Waals surface area contributed by atoms with Gasteiger partial charge in [0, 0.05) is 16.7 Å². The third-order valence-electron chi connectivity index (χ3n) is 2.51. The normalized spacial score (nSPS) is 16.3. The van der Waals surface area contributed by atoms with Crippen molar-refractivity contribution in [1.82, 2.24) is 4.90 Å². The highest BCUT2D eigenvalue weighted by molar-refractivity contribution is 14.1. The predicted molar refractivity (Wildman–Crippen MR) is 64.2 cm³/mol. The number of amides is 1. The fraction of sp³-hybridized carbons (Fsp3) is 0.364. The number of benzene rings is 1. The first-order valence-electron chi connectivity index (χ1n) is 4.82. The van der Waals surface area contributed by atoms with Crippen LogP contribution in [0, 0.1) is 15.3 Å². The van der Waals surface area contributed by atoms with Gasteiger partial charge in [0.2, 0.25) is 0 Å². The summed E-state index contributed by atoms with van der Waals surface area (Å²) in [6.45, 7) is 3.56. The molecule has 2 nitrogen and oxygen atoms in total. The molecule has 0 aromatic heterocycles. The van der Waals surface area contributed by atoms with E-state index in [4.69, 9.17) is 0 Å². The third kappa shape index (κ3) is 2.14. The standard InChI is InChI=1S/C11H11FINO/c1-7-5-14(6-7)11(15)9-3-2-8(13)4-10(9)12/h2-4,7H,5-6H2,1H3. The number of hydrogen-bond acceptors (Lipinski definition) is 1. The quantitative estimate of drug-likeness (QED) is 0.729. The van der Waals surface area contributed by atoms with E-state index in [2.05, 4.69) is 6.92 Å². The predicted octanol–water partition coefficient (Wildman–Crippen LogP) is 2.52. The zero-order chi connectivity index (χ0) is 11.0. The Kier molecular flexibility index (Phi) is 2.95. The van der Waals surface area contributed by atoms with Crippen LogP contribution in [0.4, 0.5) is 4.39 Å². The number of carbonyl (C=O) groups excluding carboxylic acids is 1. The lowest BCUT2D eigenvalue weighted by atomic mass is 10.0. The Morgan fingerprint density at radius 2 is 2.20 bits per heavy atom. The van der Waals surface area contributed by atoms with E-state index in [0.717, 1.165) is 16.7 Å². The zero-order valence-corrected chi connectivity index (χ0v) is 10.5. The van der Waals surface area contributed by atoms with Crippen molar-refractivity contribution in [2.24, 2.45) is 5.92 Å². The highest BCUT2D eigenvalue weighted by Gasteiger charge is 2.29. The van der Waals surface area contributed by atoms with Gasteiger partial charge >= 0.3 is 0 Å². The third-order valence-corrected chi connectivity index (χ3v) is 3.18. The molecule has 1 aliphatic rings. The molecular weight excluding hydrogens is 308 g/mol. The number of rotatable bonds is 1. The molecule has 0 atom stereocenters. The van der Waals surface area contributed by atoms with E-state index >= 15 is 0 Å². The van der Waals surface area contributed by atoms with E-state index < -0.39 is 5.82 Å². The fourth-order valence-electron chi connectivity index (χ4n) is 1.70. The molecule has 0 N–H and O–H groups in total. The lowest BCUT2D eigenvalue weighted by Gasteiger charge is -2.37. The minimum Gasteiger partial charge on any atom is -0.338 e. The van der Waals surface area contributed by atoms with Crippen molar-refractivity contribution >= 4 is 28.5 Å². The molecule has 0 radical (unpaired) electrons. The molecule has 0 aliphatic carbocycles. The van der Waals surface area contributed by atoms with Gasteiger partial charge < -0.3 is 4.90 Å². The fourth-order valence-corrected chi connectivity index (χ4v) is 2.15. The van der Waals surface area contributed by atoms with Gasteiger partial charge in [0.1, 0.15) is 5.82 Å². The summed E-state index contributed by atoms with van der Waals surface area (Å²) in [7, 11) is 0. The first-order valence-corrected chi connectivity index (χ1v) is 5.90. The minimum atomic E-state index is -0.425. The van der Waals surface area contributed by atoms with Crippen molar-refractivity contribution in [1.29, 1.82) is 0 Å². The Balaban J connectivity index is 2.19. The van der Waals surface area contributed by atoms with Gasteiger partial charge in [0.05, 0.1) is 5.56 Å². The SMILES string of the molecule is CC1CN(C(=O)c2ccc(I)cc2F)C1. The lowest BCUT2D eigenvalue weighted by molar-refractivity contribution is 0.0525. The Bertz CT molecular complexity index is 402. The van der Waals surface area contributed by atoms with Crippen molar-refractivity contribution in [2.75, 3.05) is 13.1 Å². The van der Waals surface area contributed by atoms with Crippen LogP contribution in [0.25, 0.3) is 0 Å². The first-order chi connectivity index (χ1) is 7.08. The Morgan fingerprint density at radius 1 is 1.53 bits per heavy atom. The molecule has 1 aromatic rings. The molecule has 15 heavy (non-hydrogen) atoms. The molecule has 1 heterocycles. The summed E-state index contributed by atoms with van der Waals surface area (Å²) in [5.41, 5.74) is 0.183. The number of nitrogens with zero attached hydrogens (tertiary/aromatic N) is 1. The second-order valence-electron chi connectivity index (χ2n) is 3.94. The second kappa shape index (κ2) is 4.08. The van der Waals surface area contributed by atoms with E-state index in [1.807, 2.05) is 22.6 Å². The monoisotopic (exact) mass is 319 g/mol. The summed E-state index contributed by atoms with van der Waals surface area (Å²) >= 11 is 2.02. The van der Waals surface area contributed by atoms with Crippen molar-refractivity contribution in [3.05, 3.63) is 33.1 Å². The summed E-state index contributed by atoms with van der Waals surface area (Å²) in [6.07, 6.45) is 0. The summed E-state index contributed by atoms with van der Waals surface area (Å²) in [5.74, 6) is -0.0747. The van der Waals surface area contributed by atoms with Crippen molar-refractivity contribution in [3.8, 4) is 0 Å². The molecule has 1 saturated heterocycles. The molecule has 0 bridgehead atoms. The number of likely N-dealkylation sites (tertiary alicyclic amines) is 1. The van der Waals surface area contributed by atoms with E-state index in [1.165, 1.54) is 6.07 Å². The molecule has 0 unspecified atom stereocenters. The van der Waals surface area contributed by atoms with Crippen LogP contribution >= 0.6 is 22.6 Å². The van der Waals surface area contributed by atoms with Crippen molar-refractivity contribution < 1.29 is 9.18 Å². The van der Waals surface area contributed by atoms with Crippen LogP contribution in [0.2, 0.25) is 0 Å². The summed E-state index contributed by atoms with van der Waals surface area (Å²) in [5, 5.41) is 0. The van der Waals surface area contributed by atoms with Crippen LogP contribution < -0.4 is 0 Å². The van der Waals surface area contributed by atoms with Gasteiger partial charge in [0.25, 0.3) is 5.91 Å². The van der Waals surface area contributed by atoms with Crippen LogP contribution in [0.15, 0.2) is 18.2 Å². The molecule has 0 saturated carbocycles. The van der Waals surface area contributed by atoms with Gasteiger partial charge in [-0.1, -0.05) is 6.92 Å². The summed E-state index contributed by atoms with van der Waals surface area (Å²) < 4.78 is 14.3. The van der Waals surface area contributed by atoms with Gasteiger partial charge in [-0.2, -0.15) is 0 Å². The molecule has 80 valence electrons. The summed E-state index contributed by atoms with van der Waals surface area (Å²) in [4.78, 5) is 13.5. The second-order valence-corrected chi connectivity index (χ2v) is 5.19. The Hall–Kier alpha value is -0.650. The molecule has 1 aromatic carbocycles. The van der Waals surface area contributed by atoms with Crippen molar-refractivity contribution in [2.45, 2.75) is 6.92 Å². The Morgan fingerprint density at radius 3 is 2.73 bits per heavy atom. The van der Waals surface area contributed by atoms with Crippen LogP contribution in [-0.2, 0) is 0 Å². The van der Waals surface area contributed by atoms with E-state index in [9.17, 15) is 9.18 Å². The van der Waals surface area contributed by atoms with Crippen LogP contribution in [0.1, 0.15) is 17.3 Å². The minimum absolute atomic E-state index is 0.183. The topological polar surface area (TPSA) is 20.3 Å². The molecule has 0 spiro atoms. The average molecular weight is 319 g/mol. The Labute approximate surface area is 102 Å². The van der Waals surface area contributed by atoms with Gasteiger partial charge in [-0.05, 0) is 46.7 Å². The largest absolute Gasteiger partial charge is 0.338 e. The molecule has 1 fully saturated rings. The molecule has 2 rings (SSSR count). The van der Waals surface area contributed by atoms with Crippen LogP contribution in [0.5, 0.6) is 0 Å². The smallest absolute Gasteiger partial charge is 0.256 e. The zero-order valence-electron chi connectivity index (χ0n) is 8.34. The van der Waals surface area contributed by atoms with E-state index in [0.29, 0.717) is 5.92 Å². The average Bonchev–Trinajstić information content (AvgIpc) is 2.12. The van der Waals surface area contributed by atoms with Crippen molar-refractivity contribution in [3.63, 3.8) is 0 Å². The number of carbonyl (C=O) groups is 1. The van der Waals surface area contributed by atoms with E-state index in [-0.39, 0.29) is 11.5 Å². The summed E-state index contributed by atoms with van der Waals surface area (Å²) in [6, 6.07) is 4.69. The van der Waals surface area contributed by atoms with Gasteiger partial charge in [-0.25, -0.2) is 4.39 Å². The first kappa shape index (κ1) is 10.9. The number of hydrogen-bond donors (Lipinski definition) is 0. The van der Waals surface area contributed by atoms with Crippen LogP contribution in [0.3, 0.4) is 0 Å². The maximum atomic E-state index is 13.5. The maximum Gasteiger partial charge on any atom is 0.256 e. The van der Waals surface area contributed by atoms with Crippen LogP contribution in [-0.4, -0.2) is 23.9 Å². The van der Waals surface area contributed by atoms with Gasteiger partial charge in [-0.15, -0.1) is 0 Å². The lowest BCUT2D eigenvalue weighted by Crippen LogP contribution is -2.48. The highest BCUT2D eigenvalue weighted by Crippen LogP contribution is 2.20. The molecule has 1 amide bonds. The molecular formula is C11H11FINO. The molecule has 1 aliphatic heterocycles. The highest BCUT2D eigenvalue weighted by atomic mass is 127.